The summed E-state index contributed by atoms with van der Waals surface area (Å²) >= 11 is 0. The third kappa shape index (κ3) is 2.98. The van der Waals surface area contributed by atoms with Crippen LogP contribution in [0.2, 0.25) is 0 Å². The number of carbonyl (C=O) groups is 1. The lowest BCUT2D eigenvalue weighted by Gasteiger charge is -2.23. The molecule has 0 saturated carbocycles. The average molecular weight is 222 g/mol. The molecule has 1 aromatic rings. The van der Waals surface area contributed by atoms with E-state index in [1.807, 2.05) is 0 Å². The number of nitrogens with zero attached hydrogens (tertiary/aromatic N) is 2. The summed E-state index contributed by atoms with van der Waals surface area (Å²) in [5, 5.41) is 13.3. The van der Waals surface area contributed by atoms with Gasteiger partial charge >= 0.3 is 0 Å². The van der Waals surface area contributed by atoms with Crippen LogP contribution in [0.5, 0.6) is 0 Å². The molecule has 0 spiro atoms. The number of hydrogen-bond acceptors (Lipinski definition) is 5. The van der Waals surface area contributed by atoms with E-state index in [1.165, 1.54) is 12.4 Å². The number of aromatic nitrogens is 2. The first-order valence-electron chi connectivity index (χ1n) is 5.23. The normalized spacial score (nSPS) is 20.4. The number of rotatable bonds is 3. The van der Waals surface area contributed by atoms with Gasteiger partial charge in [-0.1, -0.05) is 0 Å². The molecule has 86 valence electrons. The van der Waals surface area contributed by atoms with Crippen LogP contribution in [0.4, 0.5) is 0 Å². The third-order valence-electron chi connectivity index (χ3n) is 2.34. The van der Waals surface area contributed by atoms with Crippen LogP contribution in [0, 0.1) is 0 Å². The zero-order valence-electron chi connectivity index (χ0n) is 8.85. The van der Waals surface area contributed by atoms with Gasteiger partial charge < -0.3 is 15.4 Å². The summed E-state index contributed by atoms with van der Waals surface area (Å²) in [4.78, 5) is 11.6. The highest BCUT2D eigenvalue weighted by atomic mass is 16.5. The first-order valence-corrected chi connectivity index (χ1v) is 5.23. The summed E-state index contributed by atoms with van der Waals surface area (Å²) in [5.74, 6) is -0.149. The first kappa shape index (κ1) is 11.0. The van der Waals surface area contributed by atoms with Crippen molar-refractivity contribution in [2.24, 2.45) is 0 Å². The van der Waals surface area contributed by atoms with E-state index in [-0.39, 0.29) is 12.0 Å². The van der Waals surface area contributed by atoms with Crippen LogP contribution in [0.1, 0.15) is 10.4 Å². The van der Waals surface area contributed by atoms with Gasteiger partial charge in [0, 0.05) is 19.6 Å². The molecule has 0 aliphatic carbocycles. The fraction of sp³-hybridized carbons (Fsp3) is 0.500. The van der Waals surface area contributed by atoms with E-state index in [2.05, 4.69) is 20.8 Å². The second-order valence-electron chi connectivity index (χ2n) is 3.54. The van der Waals surface area contributed by atoms with E-state index in [9.17, 15) is 4.79 Å². The molecule has 2 heterocycles. The Morgan fingerprint density at radius 1 is 1.62 bits per heavy atom. The topological polar surface area (TPSA) is 76.1 Å². The minimum atomic E-state index is -0.149. The lowest BCUT2D eigenvalue weighted by molar-refractivity contribution is 0.0287. The van der Waals surface area contributed by atoms with Crippen LogP contribution < -0.4 is 10.6 Å². The molecule has 2 N–H and O–H groups in total. The number of hydrogen-bond donors (Lipinski definition) is 2. The molecule has 6 heteroatoms. The van der Waals surface area contributed by atoms with Gasteiger partial charge in [-0.3, -0.25) is 4.79 Å². The number of amides is 1. The van der Waals surface area contributed by atoms with Gasteiger partial charge in [-0.15, -0.1) is 0 Å². The Kier molecular flexibility index (Phi) is 3.79. The van der Waals surface area contributed by atoms with Crippen LogP contribution in [0.3, 0.4) is 0 Å². The molecule has 0 bridgehead atoms. The van der Waals surface area contributed by atoms with Crippen molar-refractivity contribution < 1.29 is 9.53 Å². The second-order valence-corrected chi connectivity index (χ2v) is 3.54. The van der Waals surface area contributed by atoms with E-state index in [0.717, 1.165) is 13.1 Å². The van der Waals surface area contributed by atoms with E-state index in [1.54, 1.807) is 6.07 Å². The Balaban J connectivity index is 1.79. The predicted molar refractivity (Wildman–Crippen MR) is 57.0 cm³/mol. The Labute approximate surface area is 93.4 Å². The summed E-state index contributed by atoms with van der Waals surface area (Å²) < 4.78 is 5.46. The molecule has 1 saturated heterocycles. The number of morpholine rings is 1. The number of nitrogens with one attached hydrogen (secondary N) is 2. The quantitative estimate of drug-likeness (QED) is 0.700. The third-order valence-corrected chi connectivity index (χ3v) is 2.34. The molecule has 1 atom stereocenters. The standard InChI is InChI=1S/C10H14N4O2/c15-10(8-1-2-13-14-5-8)12-7-9-6-11-3-4-16-9/h1-2,5,9,11H,3-4,6-7H2,(H,12,15). The molecule has 0 radical (unpaired) electrons. The van der Waals surface area contributed by atoms with E-state index in [0.29, 0.717) is 18.7 Å². The molecular formula is C10H14N4O2. The minimum Gasteiger partial charge on any atom is -0.374 e. The fourth-order valence-electron chi connectivity index (χ4n) is 1.48. The second kappa shape index (κ2) is 5.53. The summed E-state index contributed by atoms with van der Waals surface area (Å²) in [7, 11) is 0. The maximum absolute atomic E-state index is 11.6. The van der Waals surface area contributed by atoms with E-state index >= 15 is 0 Å². The van der Waals surface area contributed by atoms with Gasteiger partial charge in [0.25, 0.3) is 5.91 Å². The smallest absolute Gasteiger partial charge is 0.253 e. The minimum absolute atomic E-state index is 0.0486. The zero-order chi connectivity index (χ0) is 11.2. The lowest BCUT2D eigenvalue weighted by atomic mass is 10.2. The van der Waals surface area contributed by atoms with Crippen molar-refractivity contribution in [1.29, 1.82) is 0 Å². The SMILES string of the molecule is O=C(NCC1CNCCO1)c1ccnnc1. The Hall–Kier alpha value is -1.53. The highest BCUT2D eigenvalue weighted by molar-refractivity contribution is 5.93. The predicted octanol–water partition coefficient (Wildman–Crippen LogP) is -0.805. The van der Waals surface area contributed by atoms with Gasteiger partial charge in [0.05, 0.1) is 30.7 Å². The molecule has 6 nitrogen and oxygen atoms in total. The molecule has 1 unspecified atom stereocenters. The Morgan fingerprint density at radius 3 is 3.25 bits per heavy atom. The first-order chi connectivity index (χ1) is 7.86. The largest absolute Gasteiger partial charge is 0.374 e. The molecular weight excluding hydrogens is 208 g/mol. The van der Waals surface area contributed by atoms with Gasteiger partial charge in [0.1, 0.15) is 0 Å². The molecule has 1 aliphatic heterocycles. The van der Waals surface area contributed by atoms with E-state index in [4.69, 9.17) is 4.74 Å². The van der Waals surface area contributed by atoms with Gasteiger partial charge in [-0.25, -0.2) is 0 Å². The van der Waals surface area contributed by atoms with Crippen LogP contribution in [-0.4, -0.2) is 48.4 Å². The summed E-state index contributed by atoms with van der Waals surface area (Å²) in [6, 6.07) is 1.63. The van der Waals surface area contributed by atoms with Crippen molar-refractivity contribution in [3.05, 3.63) is 24.0 Å². The summed E-state index contributed by atoms with van der Waals surface area (Å²) in [6.45, 7) is 2.85. The average Bonchev–Trinajstić information content (AvgIpc) is 2.38. The fourth-order valence-corrected chi connectivity index (χ4v) is 1.48. The van der Waals surface area contributed by atoms with Crippen LogP contribution in [0.25, 0.3) is 0 Å². The Bertz CT molecular complexity index is 338. The van der Waals surface area contributed by atoms with Crippen molar-refractivity contribution in [2.75, 3.05) is 26.2 Å². The van der Waals surface area contributed by atoms with Crippen molar-refractivity contribution in [1.82, 2.24) is 20.8 Å². The highest BCUT2D eigenvalue weighted by Gasteiger charge is 2.14. The van der Waals surface area contributed by atoms with Gasteiger partial charge in [0.2, 0.25) is 0 Å². The lowest BCUT2D eigenvalue weighted by Crippen LogP contribution is -2.45. The Morgan fingerprint density at radius 2 is 2.56 bits per heavy atom. The highest BCUT2D eigenvalue weighted by Crippen LogP contribution is 1.96. The maximum atomic E-state index is 11.6. The number of ether oxygens (including phenoxy) is 1. The number of carbonyl (C=O) groups excluding carboxylic acids is 1. The van der Waals surface area contributed by atoms with Crippen molar-refractivity contribution in [3.8, 4) is 0 Å². The molecule has 16 heavy (non-hydrogen) atoms. The van der Waals surface area contributed by atoms with Gasteiger partial charge in [-0.05, 0) is 6.07 Å². The van der Waals surface area contributed by atoms with E-state index < -0.39 is 0 Å². The summed E-state index contributed by atoms with van der Waals surface area (Å²) in [6.07, 6.45) is 2.98. The van der Waals surface area contributed by atoms with Gasteiger partial charge in [-0.2, -0.15) is 10.2 Å². The molecule has 2 rings (SSSR count). The molecule has 1 aliphatic rings. The zero-order valence-corrected chi connectivity index (χ0v) is 8.85. The molecule has 0 aromatic carbocycles. The molecule has 1 fully saturated rings. The monoisotopic (exact) mass is 222 g/mol. The molecule has 1 aromatic heterocycles. The van der Waals surface area contributed by atoms with Crippen LogP contribution in [0.15, 0.2) is 18.5 Å². The van der Waals surface area contributed by atoms with Crippen LogP contribution >= 0.6 is 0 Å². The van der Waals surface area contributed by atoms with Crippen molar-refractivity contribution in [3.63, 3.8) is 0 Å². The maximum Gasteiger partial charge on any atom is 0.253 e. The van der Waals surface area contributed by atoms with Crippen molar-refractivity contribution in [2.45, 2.75) is 6.10 Å². The van der Waals surface area contributed by atoms with Crippen molar-refractivity contribution >= 4 is 5.91 Å². The van der Waals surface area contributed by atoms with Crippen LogP contribution in [-0.2, 0) is 4.74 Å². The molecule has 1 amide bonds. The van der Waals surface area contributed by atoms with Gasteiger partial charge in [0.15, 0.2) is 0 Å². The summed E-state index contributed by atoms with van der Waals surface area (Å²) in [5.41, 5.74) is 0.513.